The standard InChI is InChI=1S/C25H21NO5S/c1-29-23-15-18(16-24(30-2)25(23)31-3)13-14-20-17-19-9-7-8-12-22(19)26(20)32(27,28)21-10-5-4-6-11-21/h4-12,15-17H,1-3H3. The van der Waals surface area contributed by atoms with Gasteiger partial charge in [-0.25, -0.2) is 12.4 Å². The summed E-state index contributed by atoms with van der Waals surface area (Å²) in [5.74, 6) is 7.44. The summed E-state index contributed by atoms with van der Waals surface area (Å²) in [5.41, 5.74) is 1.50. The van der Waals surface area contributed by atoms with Crippen molar-refractivity contribution in [3.63, 3.8) is 0 Å². The van der Waals surface area contributed by atoms with Gasteiger partial charge >= 0.3 is 0 Å². The zero-order valence-corrected chi connectivity index (χ0v) is 18.6. The van der Waals surface area contributed by atoms with Gasteiger partial charge in [-0.3, -0.25) is 0 Å². The SMILES string of the molecule is COc1cc(C#Cc2cc3ccccc3n2S(=O)(=O)c2ccccc2)cc(OC)c1OC. The number of rotatable bonds is 5. The number of benzene rings is 3. The third-order valence-corrected chi connectivity index (χ3v) is 6.69. The second-order valence-corrected chi connectivity index (χ2v) is 8.62. The molecule has 0 saturated carbocycles. The molecule has 0 radical (unpaired) electrons. The summed E-state index contributed by atoms with van der Waals surface area (Å²) in [6, 6.07) is 20.8. The van der Waals surface area contributed by atoms with Crippen LogP contribution < -0.4 is 14.2 Å². The first kappa shape index (κ1) is 21.3. The highest BCUT2D eigenvalue weighted by Gasteiger charge is 2.22. The van der Waals surface area contributed by atoms with Crippen molar-refractivity contribution in [2.45, 2.75) is 4.90 Å². The van der Waals surface area contributed by atoms with E-state index in [-0.39, 0.29) is 4.90 Å². The van der Waals surface area contributed by atoms with Gasteiger partial charge in [0.1, 0.15) is 5.69 Å². The number of nitrogens with zero attached hydrogens (tertiary/aromatic N) is 1. The lowest BCUT2D eigenvalue weighted by Gasteiger charge is -2.12. The summed E-state index contributed by atoms with van der Waals surface area (Å²) in [6.45, 7) is 0. The van der Waals surface area contributed by atoms with Crippen LogP contribution in [0.1, 0.15) is 11.3 Å². The summed E-state index contributed by atoms with van der Waals surface area (Å²) in [7, 11) is 0.731. The molecule has 3 aromatic carbocycles. The van der Waals surface area contributed by atoms with Gasteiger partial charge in [-0.1, -0.05) is 42.3 Å². The van der Waals surface area contributed by atoms with Crippen LogP contribution in [0.2, 0.25) is 0 Å². The highest BCUT2D eigenvalue weighted by molar-refractivity contribution is 7.90. The van der Waals surface area contributed by atoms with Gasteiger partial charge in [0.15, 0.2) is 11.5 Å². The molecule has 6 nitrogen and oxygen atoms in total. The molecular weight excluding hydrogens is 426 g/mol. The third-order valence-electron chi connectivity index (χ3n) is 4.95. The van der Waals surface area contributed by atoms with Gasteiger partial charge in [-0.05, 0) is 42.3 Å². The van der Waals surface area contributed by atoms with E-state index in [9.17, 15) is 8.42 Å². The maximum atomic E-state index is 13.5. The first-order valence-corrected chi connectivity index (χ1v) is 11.2. The largest absolute Gasteiger partial charge is 0.493 e. The van der Waals surface area contributed by atoms with Crippen molar-refractivity contribution >= 4 is 20.9 Å². The highest BCUT2D eigenvalue weighted by Crippen LogP contribution is 2.38. The molecule has 0 aliphatic carbocycles. The van der Waals surface area contributed by atoms with E-state index in [4.69, 9.17) is 14.2 Å². The molecule has 4 aromatic rings. The average molecular weight is 448 g/mol. The molecule has 0 unspecified atom stereocenters. The topological polar surface area (TPSA) is 66.8 Å². The van der Waals surface area contributed by atoms with Crippen molar-refractivity contribution in [1.82, 2.24) is 3.97 Å². The fraction of sp³-hybridized carbons (Fsp3) is 0.120. The Hall–Kier alpha value is -3.89. The van der Waals surface area contributed by atoms with Gasteiger partial charge in [-0.2, -0.15) is 0 Å². The van der Waals surface area contributed by atoms with Crippen molar-refractivity contribution in [2.75, 3.05) is 21.3 Å². The predicted octanol–water partition coefficient (Wildman–Crippen LogP) is 4.30. The van der Waals surface area contributed by atoms with Crippen LogP contribution in [0.5, 0.6) is 17.2 Å². The zero-order chi connectivity index (χ0) is 22.7. The fourth-order valence-corrected chi connectivity index (χ4v) is 4.96. The highest BCUT2D eigenvalue weighted by atomic mass is 32.2. The lowest BCUT2D eigenvalue weighted by Crippen LogP contribution is -2.14. The predicted molar refractivity (Wildman–Crippen MR) is 123 cm³/mol. The Morgan fingerprint density at radius 3 is 2.00 bits per heavy atom. The number of fused-ring (bicyclic) bond motifs is 1. The third kappa shape index (κ3) is 3.77. The Kier molecular flexibility index (Phi) is 5.80. The summed E-state index contributed by atoms with van der Waals surface area (Å²) in [4.78, 5) is 0.192. The number of ether oxygens (including phenoxy) is 3. The molecule has 1 aromatic heterocycles. The number of aromatic nitrogens is 1. The summed E-state index contributed by atoms with van der Waals surface area (Å²) in [6.07, 6.45) is 0. The van der Waals surface area contributed by atoms with Crippen LogP contribution in [0, 0.1) is 11.8 Å². The zero-order valence-electron chi connectivity index (χ0n) is 17.8. The molecule has 0 spiro atoms. The molecule has 32 heavy (non-hydrogen) atoms. The van der Waals surface area contributed by atoms with Crippen molar-refractivity contribution in [3.05, 3.63) is 84.1 Å². The Labute approximate surface area is 187 Å². The van der Waals surface area contributed by atoms with E-state index >= 15 is 0 Å². The van der Waals surface area contributed by atoms with Crippen LogP contribution in [-0.4, -0.2) is 33.7 Å². The molecule has 0 bridgehead atoms. The van der Waals surface area contributed by atoms with Gasteiger partial charge in [0.2, 0.25) is 5.75 Å². The van der Waals surface area contributed by atoms with Gasteiger partial charge in [0.05, 0.1) is 31.7 Å². The minimum Gasteiger partial charge on any atom is -0.493 e. The Morgan fingerprint density at radius 2 is 1.38 bits per heavy atom. The van der Waals surface area contributed by atoms with Crippen LogP contribution in [0.3, 0.4) is 0 Å². The number of methoxy groups -OCH3 is 3. The van der Waals surface area contributed by atoms with Crippen molar-refractivity contribution in [1.29, 1.82) is 0 Å². The Bertz CT molecular complexity index is 1420. The van der Waals surface area contributed by atoms with Crippen LogP contribution in [-0.2, 0) is 10.0 Å². The van der Waals surface area contributed by atoms with Crippen molar-refractivity contribution in [2.24, 2.45) is 0 Å². The molecule has 0 aliphatic heterocycles. The van der Waals surface area contributed by atoms with Gasteiger partial charge in [-0.15, -0.1) is 0 Å². The lowest BCUT2D eigenvalue weighted by molar-refractivity contribution is 0.324. The number of hydrogen-bond donors (Lipinski definition) is 0. The van der Waals surface area contributed by atoms with Crippen LogP contribution in [0.25, 0.3) is 10.9 Å². The van der Waals surface area contributed by atoms with E-state index in [1.54, 1.807) is 60.7 Å². The Balaban J connectivity index is 1.90. The van der Waals surface area contributed by atoms with Gasteiger partial charge in [0, 0.05) is 10.9 Å². The molecular formula is C25H21NO5S. The Morgan fingerprint density at radius 1 is 0.750 bits per heavy atom. The second-order valence-electron chi connectivity index (χ2n) is 6.83. The number of hydrogen-bond acceptors (Lipinski definition) is 5. The van der Waals surface area contributed by atoms with E-state index in [2.05, 4.69) is 11.8 Å². The van der Waals surface area contributed by atoms with E-state index in [1.807, 2.05) is 12.1 Å². The lowest BCUT2D eigenvalue weighted by atomic mass is 10.1. The van der Waals surface area contributed by atoms with Crippen LogP contribution >= 0.6 is 0 Å². The second kappa shape index (κ2) is 8.69. The molecule has 4 rings (SSSR count). The maximum absolute atomic E-state index is 13.5. The van der Waals surface area contributed by atoms with Gasteiger partial charge < -0.3 is 14.2 Å². The molecule has 0 amide bonds. The average Bonchev–Trinajstić information content (AvgIpc) is 3.21. The molecule has 0 N–H and O–H groups in total. The fourth-order valence-electron chi connectivity index (χ4n) is 3.46. The smallest absolute Gasteiger partial charge is 0.269 e. The van der Waals surface area contributed by atoms with E-state index in [0.717, 1.165) is 5.39 Å². The van der Waals surface area contributed by atoms with Gasteiger partial charge in [0.25, 0.3) is 10.0 Å². The summed E-state index contributed by atoms with van der Waals surface area (Å²) in [5, 5.41) is 0.779. The molecule has 0 atom stereocenters. The van der Waals surface area contributed by atoms with E-state index in [0.29, 0.717) is 34.0 Å². The molecule has 0 aliphatic rings. The van der Waals surface area contributed by atoms with Crippen LogP contribution in [0.4, 0.5) is 0 Å². The minimum absolute atomic E-state index is 0.192. The molecule has 7 heteroatoms. The quantitative estimate of drug-likeness (QED) is 0.427. The molecule has 0 saturated heterocycles. The first-order chi connectivity index (χ1) is 15.5. The van der Waals surface area contributed by atoms with Crippen LogP contribution in [0.15, 0.2) is 77.7 Å². The molecule has 162 valence electrons. The minimum atomic E-state index is -3.85. The molecule has 1 heterocycles. The van der Waals surface area contributed by atoms with Crippen molar-refractivity contribution < 1.29 is 22.6 Å². The maximum Gasteiger partial charge on any atom is 0.269 e. The van der Waals surface area contributed by atoms with E-state index < -0.39 is 10.0 Å². The summed E-state index contributed by atoms with van der Waals surface area (Å²) >= 11 is 0. The monoisotopic (exact) mass is 447 g/mol. The normalized spacial score (nSPS) is 11.0. The first-order valence-electron chi connectivity index (χ1n) is 9.72. The van der Waals surface area contributed by atoms with E-state index in [1.165, 1.54) is 25.3 Å². The molecule has 0 fully saturated rings. The number of para-hydroxylation sites is 1. The summed E-state index contributed by atoms with van der Waals surface area (Å²) < 4.78 is 44.3. The van der Waals surface area contributed by atoms with Crippen molar-refractivity contribution in [3.8, 4) is 29.1 Å².